The number of fused-ring (bicyclic) bond motifs is 7. The minimum absolute atomic E-state index is 0.312. The summed E-state index contributed by atoms with van der Waals surface area (Å²) in [5, 5.41) is 0. The van der Waals surface area contributed by atoms with Crippen LogP contribution in [0.3, 0.4) is 0 Å². The molecule has 0 spiro atoms. The molecule has 0 aliphatic heterocycles. The maximum Gasteiger partial charge on any atom is 0.163 e. The Balaban J connectivity index is 0.000000145. The number of ketones is 1. The number of Topliss-reactive ketones (excluding diaryl/α,β-unsaturated/α-hetero) is 1. The van der Waals surface area contributed by atoms with Crippen LogP contribution in [0.4, 0.5) is 0 Å². The van der Waals surface area contributed by atoms with E-state index in [1.165, 1.54) is 385 Å². The van der Waals surface area contributed by atoms with Crippen LogP contribution in [0.2, 0.25) is 0 Å². The fourth-order valence-corrected chi connectivity index (χ4v) is 20.6. The van der Waals surface area contributed by atoms with Crippen LogP contribution in [0.5, 0.6) is 0 Å². The lowest BCUT2D eigenvalue weighted by atomic mass is 9.56. The van der Waals surface area contributed by atoms with E-state index in [-0.39, 0.29) is 0 Å². The average Bonchev–Trinajstić information content (AvgIpc) is 1.09. The molecule has 118 heavy (non-hydrogen) atoms. The number of aryl methyl sites for hydroxylation is 5. The van der Waals surface area contributed by atoms with Gasteiger partial charge in [-0.05, 0) is 253 Å². The van der Waals surface area contributed by atoms with Crippen molar-refractivity contribution in [3.8, 4) is 11.1 Å². The van der Waals surface area contributed by atoms with Crippen LogP contribution in [0.1, 0.15) is 447 Å². The van der Waals surface area contributed by atoms with Crippen molar-refractivity contribution in [2.75, 3.05) is 0 Å². The van der Waals surface area contributed by atoms with E-state index in [1.807, 2.05) is 24.3 Å². The molecule has 25 rings (SSSR count). The lowest BCUT2D eigenvalue weighted by molar-refractivity contribution is 0.0198. The van der Waals surface area contributed by atoms with Crippen molar-refractivity contribution in [2.24, 2.45) is 35.5 Å². The van der Waals surface area contributed by atoms with Gasteiger partial charge in [0.25, 0.3) is 0 Å². The number of carbonyl (C=O) groups is 1. The molecule has 5 aromatic rings. The topological polar surface area (TPSA) is 17.1 Å². The molecular weight excluding hydrogens is 1420 g/mol. The van der Waals surface area contributed by atoms with E-state index >= 15 is 0 Å². The number of benzene rings is 5. The SMILES string of the molecule is C1=CCC=CC1.C1=CCCC1.C1=CCCC=C1.C1=CCCCC1.C1C2CC3CC1CC(C2)C3.C1CC1.C1CCC1.C1CCC2CCCCC2C1.C1CCCC1.C1CCCCC1.C1CCCCCC1.C1CCCCCCC1.O=C1CCCc2ccccc21.c1ccc2c(c1)CC2.c1ccc2c(c1)CCCC2.c1ccc2c(c1)Cc1ccccc1-2. The van der Waals surface area contributed by atoms with Gasteiger partial charge in [-0.3, -0.25) is 4.79 Å². The zero-order valence-electron chi connectivity index (χ0n) is 75.9. The number of carbonyl (C=O) groups excluding carboxylic acids is 1. The summed E-state index contributed by atoms with van der Waals surface area (Å²) in [4.78, 5) is 11.3. The summed E-state index contributed by atoms with van der Waals surface area (Å²) in [6, 6.07) is 42.7. The number of hydrogen-bond acceptors (Lipinski definition) is 1. The molecule has 20 aliphatic rings. The Morgan fingerprint density at radius 1 is 0.186 bits per heavy atom. The molecule has 0 atom stereocenters. The van der Waals surface area contributed by atoms with Crippen LogP contribution in [0.15, 0.2) is 194 Å². The molecule has 0 amide bonds. The number of rotatable bonds is 0. The molecule has 0 N–H and O–H groups in total. The minimum Gasteiger partial charge on any atom is -0.294 e. The van der Waals surface area contributed by atoms with Gasteiger partial charge >= 0.3 is 0 Å². The highest BCUT2D eigenvalue weighted by molar-refractivity contribution is 5.98. The van der Waals surface area contributed by atoms with Crippen molar-refractivity contribution in [1.82, 2.24) is 0 Å². The highest BCUT2D eigenvalue weighted by Gasteiger charge is 2.42. The largest absolute Gasteiger partial charge is 0.294 e. The third kappa shape index (κ3) is 42.8. The first-order valence-electron chi connectivity index (χ1n) is 51.5. The monoisotopic (exact) mass is 1600 g/mol. The fraction of sp³-hybridized carbons (Fsp3) is 0.632. The van der Waals surface area contributed by atoms with Crippen LogP contribution < -0.4 is 0 Å². The fourth-order valence-electron chi connectivity index (χ4n) is 20.6. The Morgan fingerprint density at radius 2 is 0.441 bits per heavy atom. The van der Waals surface area contributed by atoms with E-state index in [0.717, 1.165) is 55.9 Å². The van der Waals surface area contributed by atoms with Crippen LogP contribution in [0.25, 0.3) is 11.1 Å². The van der Waals surface area contributed by atoms with Crippen molar-refractivity contribution in [1.29, 1.82) is 0 Å². The molecule has 0 radical (unpaired) electrons. The maximum atomic E-state index is 11.3. The van der Waals surface area contributed by atoms with Gasteiger partial charge in [-0.2, -0.15) is 0 Å². The predicted molar refractivity (Wildman–Crippen MR) is 519 cm³/mol. The van der Waals surface area contributed by atoms with Gasteiger partial charge in [-0.15, -0.1) is 0 Å². The molecule has 12 saturated carbocycles. The van der Waals surface area contributed by atoms with Crippen molar-refractivity contribution >= 4 is 5.78 Å². The lowest BCUT2D eigenvalue weighted by Crippen LogP contribution is -2.38. The standard InChI is InChI=1S/C13H10.C10H10O.C10H16.C10H18.C10H12.C8H8.C8H16.C7H14.C6H12.C6H10.2C6H8.C5H10.C5H8.C4H8.C3H6/c1-3-7-12-10(5-1)9-11-6-2-4-8-13(11)12;11-10-7-3-5-8-4-1-2-6-9(8)10;1-7-2-9-4-8(1)5-10(3-7)6-9;2*1-2-6-10-8-4-3-7-9(10)5-1;1-2-4-8-6-5-7(8)3-1;1-2-4-6-8-7-5-3-1;1-2-4-6-7-5-3-1;4*1-2-4-6-5-3-1;2*1-2-4-5-3-1;1-2-4-3-1;1-2-3-1/h1-8H,9H2;1-2,4,6H,3,5,7H2;7-10H,1-6H2;9-10H,1-8H2;1-2,5-6H,3-4,7-8H2;1-4H,5-6H2;1-8H2;1-7H2;1-6H2;1-2H,3-6H2;1-2,5-6H,3-4H2;1-4H,5-6H2;1-5H2;1-2H,3-5H2;1-4H2;1-3H2. The molecule has 0 unspecified atom stereocenters. The Labute approximate surface area is 727 Å². The third-order valence-corrected chi connectivity index (χ3v) is 28.1. The van der Waals surface area contributed by atoms with Gasteiger partial charge in [-0.25, -0.2) is 0 Å². The second-order valence-electron chi connectivity index (χ2n) is 38.3. The summed E-state index contributed by atoms with van der Waals surface area (Å²) in [5.74, 6) is 7.33. The van der Waals surface area contributed by atoms with Crippen molar-refractivity contribution < 1.29 is 4.79 Å². The second kappa shape index (κ2) is 64.1. The Bertz CT molecular complexity index is 3210. The first-order valence-corrected chi connectivity index (χ1v) is 51.5. The van der Waals surface area contributed by atoms with E-state index in [0.29, 0.717) is 5.78 Å². The lowest BCUT2D eigenvalue weighted by Gasteiger charge is -2.49. The molecule has 0 heterocycles. The first-order chi connectivity index (χ1) is 58.6. The van der Waals surface area contributed by atoms with Gasteiger partial charge < -0.3 is 0 Å². The average molecular weight is 1600 g/mol. The minimum atomic E-state index is 0.312. The highest BCUT2D eigenvalue weighted by atomic mass is 16.1. The van der Waals surface area contributed by atoms with Gasteiger partial charge in [-0.1, -0.05) is 457 Å². The van der Waals surface area contributed by atoms with Crippen LogP contribution in [0, 0.1) is 35.5 Å². The Kier molecular flexibility index (Phi) is 52.1. The molecule has 12 fully saturated rings. The molecule has 20 aliphatic carbocycles. The molecule has 0 aromatic heterocycles. The molecule has 1 nitrogen and oxygen atoms in total. The molecule has 648 valence electrons. The van der Waals surface area contributed by atoms with E-state index in [4.69, 9.17) is 0 Å². The zero-order chi connectivity index (χ0) is 81.5. The van der Waals surface area contributed by atoms with Gasteiger partial charge in [0.1, 0.15) is 0 Å². The van der Waals surface area contributed by atoms with Gasteiger partial charge in [0.05, 0.1) is 0 Å². The summed E-state index contributed by atoms with van der Waals surface area (Å²) < 4.78 is 0. The Hall–Kier alpha value is -5.79. The summed E-state index contributed by atoms with van der Waals surface area (Å²) in [6.45, 7) is 0. The van der Waals surface area contributed by atoms with E-state index in [1.54, 1.807) is 86.5 Å². The first kappa shape index (κ1) is 96.0. The van der Waals surface area contributed by atoms with Crippen LogP contribution in [-0.2, 0) is 38.5 Å². The molecule has 5 aromatic carbocycles. The molecule has 0 saturated heterocycles. The van der Waals surface area contributed by atoms with Crippen molar-refractivity contribution in [2.45, 2.75) is 437 Å². The number of allylic oxidation sites excluding steroid dienone is 12. The van der Waals surface area contributed by atoms with Gasteiger partial charge in [0.2, 0.25) is 0 Å². The van der Waals surface area contributed by atoms with Gasteiger partial charge in [0, 0.05) is 12.0 Å². The quantitative estimate of drug-likeness (QED) is 0.109. The van der Waals surface area contributed by atoms with Crippen molar-refractivity contribution in [3.05, 3.63) is 239 Å². The number of hydrogen-bond donors (Lipinski definition) is 0. The second-order valence-corrected chi connectivity index (χ2v) is 38.3. The smallest absolute Gasteiger partial charge is 0.163 e. The normalized spacial score (nSPS) is 24.2. The zero-order valence-corrected chi connectivity index (χ0v) is 75.9. The maximum absolute atomic E-state index is 11.3. The van der Waals surface area contributed by atoms with E-state index < -0.39 is 0 Å². The van der Waals surface area contributed by atoms with E-state index in [2.05, 4.69) is 170 Å². The summed E-state index contributed by atoms with van der Waals surface area (Å²) in [7, 11) is 0. The molecule has 1 heteroatoms. The van der Waals surface area contributed by atoms with Gasteiger partial charge in [0.15, 0.2) is 5.78 Å². The summed E-state index contributed by atoms with van der Waals surface area (Å²) in [5.41, 5.74) is 14.2. The molecule has 4 bridgehead atoms. The van der Waals surface area contributed by atoms with E-state index in [9.17, 15) is 4.79 Å². The Morgan fingerprint density at radius 3 is 0.678 bits per heavy atom. The predicted octanol–water partition coefficient (Wildman–Crippen LogP) is 36.5. The van der Waals surface area contributed by atoms with Crippen LogP contribution in [-0.4, -0.2) is 5.78 Å². The molecular formula is C117H174O. The summed E-state index contributed by atoms with van der Waals surface area (Å²) in [6.07, 6.45) is 124. The third-order valence-electron chi connectivity index (χ3n) is 28.1. The van der Waals surface area contributed by atoms with Crippen molar-refractivity contribution in [3.63, 3.8) is 0 Å². The summed E-state index contributed by atoms with van der Waals surface area (Å²) >= 11 is 0. The highest BCUT2D eigenvalue weighted by Crippen LogP contribution is 2.53. The van der Waals surface area contributed by atoms with Crippen LogP contribution >= 0.6 is 0 Å².